The second-order valence-corrected chi connectivity index (χ2v) is 5.87. The van der Waals surface area contributed by atoms with Gasteiger partial charge in [0.15, 0.2) is 0 Å². The van der Waals surface area contributed by atoms with Crippen molar-refractivity contribution in [2.75, 3.05) is 13.1 Å². The van der Waals surface area contributed by atoms with E-state index >= 15 is 0 Å². The van der Waals surface area contributed by atoms with Gasteiger partial charge in [0.25, 0.3) is 0 Å². The number of nitrogens with one attached hydrogen (secondary N) is 1. The Hall–Kier alpha value is -1.02. The summed E-state index contributed by atoms with van der Waals surface area (Å²) < 4.78 is 6.39. The summed E-state index contributed by atoms with van der Waals surface area (Å²) in [5.74, 6) is 2.60. The lowest BCUT2D eigenvalue weighted by molar-refractivity contribution is 0.120. The SMILES string of the molecule is Cc1cccc(O[C@@H](C2CC2)[C@H]2CCNC2)c1C. The zero-order valence-corrected chi connectivity index (χ0v) is 11.4. The van der Waals surface area contributed by atoms with Gasteiger partial charge in [0.05, 0.1) is 0 Å². The highest BCUT2D eigenvalue weighted by Crippen LogP contribution is 2.40. The van der Waals surface area contributed by atoms with E-state index in [1.54, 1.807) is 0 Å². The Morgan fingerprint density at radius 3 is 2.67 bits per heavy atom. The predicted octanol–water partition coefficient (Wildman–Crippen LogP) is 3.07. The zero-order chi connectivity index (χ0) is 12.5. The van der Waals surface area contributed by atoms with Crippen LogP contribution in [-0.2, 0) is 0 Å². The Morgan fingerprint density at radius 2 is 2.00 bits per heavy atom. The molecule has 0 bridgehead atoms. The summed E-state index contributed by atoms with van der Waals surface area (Å²) in [6.07, 6.45) is 4.41. The number of ether oxygens (including phenoxy) is 1. The maximum Gasteiger partial charge on any atom is 0.122 e. The summed E-state index contributed by atoms with van der Waals surface area (Å²) >= 11 is 0. The first-order chi connectivity index (χ1) is 8.75. The van der Waals surface area contributed by atoms with Crippen molar-refractivity contribution in [3.8, 4) is 5.75 Å². The third-order valence-electron chi connectivity index (χ3n) is 4.47. The van der Waals surface area contributed by atoms with E-state index in [1.165, 1.54) is 30.4 Å². The maximum absolute atomic E-state index is 6.39. The smallest absolute Gasteiger partial charge is 0.122 e. The van der Waals surface area contributed by atoms with Crippen LogP contribution in [0.2, 0.25) is 0 Å². The largest absolute Gasteiger partial charge is 0.490 e. The fourth-order valence-electron chi connectivity index (χ4n) is 2.96. The summed E-state index contributed by atoms with van der Waals surface area (Å²) in [5, 5.41) is 3.47. The first-order valence-electron chi connectivity index (χ1n) is 7.19. The lowest BCUT2D eigenvalue weighted by Gasteiger charge is -2.25. The van der Waals surface area contributed by atoms with Crippen LogP contribution in [-0.4, -0.2) is 19.2 Å². The van der Waals surface area contributed by atoms with Crippen LogP contribution in [0.15, 0.2) is 18.2 Å². The van der Waals surface area contributed by atoms with Crippen molar-refractivity contribution in [3.63, 3.8) is 0 Å². The van der Waals surface area contributed by atoms with Gasteiger partial charge in [-0.05, 0) is 62.8 Å². The summed E-state index contributed by atoms with van der Waals surface area (Å²) in [7, 11) is 0. The lowest BCUT2D eigenvalue weighted by atomic mass is 9.97. The van der Waals surface area contributed by atoms with Crippen molar-refractivity contribution in [2.24, 2.45) is 11.8 Å². The monoisotopic (exact) mass is 245 g/mol. The third kappa shape index (κ3) is 2.39. The quantitative estimate of drug-likeness (QED) is 0.880. The van der Waals surface area contributed by atoms with Gasteiger partial charge in [0.2, 0.25) is 0 Å². The van der Waals surface area contributed by atoms with Crippen LogP contribution in [0.3, 0.4) is 0 Å². The average molecular weight is 245 g/mol. The van der Waals surface area contributed by atoms with Crippen molar-refractivity contribution >= 4 is 0 Å². The molecule has 98 valence electrons. The molecule has 1 aromatic rings. The fourth-order valence-corrected chi connectivity index (χ4v) is 2.96. The predicted molar refractivity (Wildman–Crippen MR) is 74.0 cm³/mol. The van der Waals surface area contributed by atoms with E-state index in [4.69, 9.17) is 4.74 Å². The zero-order valence-electron chi connectivity index (χ0n) is 11.4. The van der Waals surface area contributed by atoms with E-state index in [1.807, 2.05) is 0 Å². The number of aryl methyl sites for hydroxylation is 1. The van der Waals surface area contributed by atoms with Crippen LogP contribution in [0, 0.1) is 25.7 Å². The summed E-state index contributed by atoms with van der Waals surface area (Å²) in [5.41, 5.74) is 2.63. The maximum atomic E-state index is 6.39. The van der Waals surface area contributed by atoms with Gasteiger partial charge < -0.3 is 10.1 Å². The molecule has 1 aliphatic carbocycles. The molecule has 2 aliphatic rings. The van der Waals surface area contributed by atoms with E-state index in [0.29, 0.717) is 12.0 Å². The molecule has 2 fully saturated rings. The second kappa shape index (κ2) is 4.93. The van der Waals surface area contributed by atoms with Crippen LogP contribution < -0.4 is 10.1 Å². The number of hydrogen-bond donors (Lipinski definition) is 1. The molecule has 1 heterocycles. The van der Waals surface area contributed by atoms with Gasteiger partial charge in [-0.1, -0.05) is 12.1 Å². The average Bonchev–Trinajstić information content (AvgIpc) is 3.06. The van der Waals surface area contributed by atoms with Crippen LogP contribution in [0.5, 0.6) is 5.75 Å². The highest BCUT2D eigenvalue weighted by molar-refractivity contribution is 5.38. The molecule has 2 nitrogen and oxygen atoms in total. The Balaban J connectivity index is 1.77. The Labute approximate surface area is 110 Å². The molecule has 2 atom stereocenters. The molecule has 0 unspecified atom stereocenters. The number of rotatable bonds is 4. The normalized spacial score (nSPS) is 25.1. The lowest BCUT2D eigenvalue weighted by Crippen LogP contribution is -2.31. The van der Waals surface area contributed by atoms with E-state index < -0.39 is 0 Å². The van der Waals surface area contributed by atoms with Gasteiger partial charge in [-0.3, -0.25) is 0 Å². The minimum Gasteiger partial charge on any atom is -0.490 e. The standard InChI is InChI=1S/C16H23NO/c1-11-4-3-5-15(12(11)2)18-16(13-6-7-13)14-8-9-17-10-14/h3-5,13-14,16-17H,6-10H2,1-2H3/t14-,16-/m0/s1. The number of benzene rings is 1. The first-order valence-corrected chi connectivity index (χ1v) is 7.19. The van der Waals surface area contributed by atoms with Crippen LogP contribution in [0.1, 0.15) is 30.4 Å². The minimum atomic E-state index is 0.431. The summed E-state index contributed by atoms with van der Waals surface area (Å²) in [4.78, 5) is 0. The Bertz CT molecular complexity index is 419. The molecular weight excluding hydrogens is 222 g/mol. The van der Waals surface area contributed by atoms with Gasteiger partial charge >= 0.3 is 0 Å². The molecule has 1 saturated heterocycles. The molecule has 0 spiro atoms. The molecule has 2 heteroatoms. The molecule has 1 saturated carbocycles. The molecule has 3 rings (SSSR count). The van der Waals surface area contributed by atoms with Gasteiger partial charge in [0, 0.05) is 12.5 Å². The van der Waals surface area contributed by atoms with Crippen molar-refractivity contribution in [3.05, 3.63) is 29.3 Å². The molecule has 18 heavy (non-hydrogen) atoms. The van der Waals surface area contributed by atoms with Gasteiger partial charge in [0.1, 0.15) is 11.9 Å². The summed E-state index contributed by atoms with van der Waals surface area (Å²) in [6, 6.07) is 6.39. The Morgan fingerprint density at radius 1 is 1.17 bits per heavy atom. The van der Waals surface area contributed by atoms with Crippen LogP contribution in [0.25, 0.3) is 0 Å². The molecule has 0 radical (unpaired) electrons. The van der Waals surface area contributed by atoms with Crippen LogP contribution >= 0.6 is 0 Å². The molecule has 0 aromatic heterocycles. The van der Waals surface area contributed by atoms with Gasteiger partial charge in [-0.25, -0.2) is 0 Å². The van der Waals surface area contributed by atoms with Crippen molar-refractivity contribution < 1.29 is 4.74 Å². The second-order valence-electron chi connectivity index (χ2n) is 5.87. The molecule has 0 amide bonds. The third-order valence-corrected chi connectivity index (χ3v) is 4.47. The number of hydrogen-bond acceptors (Lipinski definition) is 2. The summed E-state index contributed by atoms with van der Waals surface area (Å²) in [6.45, 7) is 6.61. The molecule has 1 N–H and O–H groups in total. The van der Waals surface area contributed by atoms with E-state index in [9.17, 15) is 0 Å². The molecule has 1 aliphatic heterocycles. The fraction of sp³-hybridized carbons (Fsp3) is 0.625. The van der Waals surface area contributed by atoms with E-state index in [0.717, 1.165) is 24.8 Å². The van der Waals surface area contributed by atoms with Crippen molar-refractivity contribution in [1.29, 1.82) is 0 Å². The van der Waals surface area contributed by atoms with Gasteiger partial charge in [-0.2, -0.15) is 0 Å². The van der Waals surface area contributed by atoms with Crippen LogP contribution in [0.4, 0.5) is 0 Å². The van der Waals surface area contributed by atoms with Gasteiger partial charge in [-0.15, -0.1) is 0 Å². The van der Waals surface area contributed by atoms with Crippen molar-refractivity contribution in [1.82, 2.24) is 5.32 Å². The first kappa shape index (κ1) is 12.0. The van der Waals surface area contributed by atoms with E-state index in [2.05, 4.69) is 37.4 Å². The van der Waals surface area contributed by atoms with Crippen molar-refractivity contribution in [2.45, 2.75) is 39.2 Å². The topological polar surface area (TPSA) is 21.3 Å². The minimum absolute atomic E-state index is 0.431. The molecule has 1 aromatic carbocycles. The Kier molecular flexibility index (Phi) is 3.29. The highest BCUT2D eigenvalue weighted by Gasteiger charge is 2.39. The highest BCUT2D eigenvalue weighted by atomic mass is 16.5. The van der Waals surface area contributed by atoms with E-state index in [-0.39, 0.29) is 0 Å². The molecular formula is C16H23NO.